The topological polar surface area (TPSA) is 69.6 Å². The Hall–Kier alpha value is -3.65. The number of thiocarbonyl (C=S) groups is 1. The van der Waals surface area contributed by atoms with Gasteiger partial charge >= 0.3 is 0 Å². The van der Waals surface area contributed by atoms with E-state index in [-0.39, 0.29) is 17.4 Å². The molecular weight excluding hydrogens is 530 g/mol. The first kappa shape index (κ1) is 27.5. The zero-order chi connectivity index (χ0) is 28.7. The molecule has 2 atom stereocenters. The molecule has 0 spiro atoms. The van der Waals surface area contributed by atoms with Gasteiger partial charge in [0.15, 0.2) is 5.11 Å². The van der Waals surface area contributed by atoms with E-state index in [4.69, 9.17) is 12.2 Å². The zero-order valence-electron chi connectivity index (χ0n) is 24.2. The van der Waals surface area contributed by atoms with E-state index in [2.05, 4.69) is 66.6 Å². The first-order valence-corrected chi connectivity index (χ1v) is 15.2. The van der Waals surface area contributed by atoms with Crippen LogP contribution in [-0.4, -0.2) is 46.7 Å². The number of carbonyl (C=O) groups excluding carboxylic acids is 1. The number of likely N-dealkylation sites (tertiary alicyclic amines) is 1. The summed E-state index contributed by atoms with van der Waals surface area (Å²) in [4.78, 5) is 30.5. The van der Waals surface area contributed by atoms with Crippen LogP contribution >= 0.6 is 12.2 Å². The van der Waals surface area contributed by atoms with Gasteiger partial charge in [-0.3, -0.25) is 9.59 Å². The van der Waals surface area contributed by atoms with E-state index in [1.165, 1.54) is 11.1 Å². The predicted octanol–water partition coefficient (Wildman–Crippen LogP) is 5.77. The molecule has 2 N–H and O–H groups in total. The Bertz CT molecular complexity index is 1520. The molecule has 2 saturated heterocycles. The molecule has 3 aliphatic rings. The van der Waals surface area contributed by atoms with Crippen molar-refractivity contribution in [1.29, 1.82) is 0 Å². The molecule has 3 aromatic rings. The first-order valence-electron chi connectivity index (χ1n) is 14.8. The summed E-state index contributed by atoms with van der Waals surface area (Å²) in [5.41, 5.74) is 7.00. The number of amides is 1. The van der Waals surface area contributed by atoms with Crippen LogP contribution in [0.15, 0.2) is 59.4 Å². The third kappa shape index (κ3) is 5.89. The third-order valence-corrected chi connectivity index (χ3v) is 9.07. The summed E-state index contributed by atoms with van der Waals surface area (Å²) < 4.78 is 1.96. The van der Waals surface area contributed by atoms with Crippen LogP contribution in [0.4, 0.5) is 17.1 Å². The average molecular weight is 570 g/mol. The number of hydrogen-bond acceptors (Lipinski definition) is 4. The number of benzene rings is 2. The second kappa shape index (κ2) is 11.3. The maximum Gasteiger partial charge on any atom is 0.253 e. The largest absolute Gasteiger partial charge is 0.369 e. The highest BCUT2D eigenvalue weighted by molar-refractivity contribution is 7.80. The Labute approximate surface area is 247 Å². The van der Waals surface area contributed by atoms with Crippen LogP contribution in [0.25, 0.3) is 0 Å². The molecule has 2 fully saturated rings. The van der Waals surface area contributed by atoms with Crippen LogP contribution in [0.1, 0.15) is 59.3 Å². The first-order chi connectivity index (χ1) is 19.7. The second-order valence-electron chi connectivity index (χ2n) is 12.3. The summed E-state index contributed by atoms with van der Waals surface area (Å²) in [6, 6.07) is 17.9. The van der Waals surface area contributed by atoms with E-state index < -0.39 is 0 Å². The summed E-state index contributed by atoms with van der Waals surface area (Å²) in [5, 5.41) is 7.28. The number of nitrogens with zero attached hydrogens (tertiary/aromatic N) is 3. The fraction of sp³-hybridized carbons (Fsp3) is 0.424. The van der Waals surface area contributed by atoms with Gasteiger partial charge in [0.25, 0.3) is 11.5 Å². The second-order valence-corrected chi connectivity index (χ2v) is 12.7. The van der Waals surface area contributed by atoms with Crippen LogP contribution < -0.4 is 21.1 Å². The van der Waals surface area contributed by atoms with E-state index in [0.29, 0.717) is 22.5 Å². The number of rotatable bonds is 4. The molecule has 0 radical (unpaired) electrons. The molecular formula is C33H39N5O2S. The molecule has 6 rings (SSSR count). The lowest BCUT2D eigenvalue weighted by molar-refractivity contribution is 0.0697. The van der Waals surface area contributed by atoms with E-state index in [0.717, 1.165) is 74.7 Å². The Morgan fingerprint density at radius 1 is 0.927 bits per heavy atom. The predicted molar refractivity (Wildman–Crippen MR) is 170 cm³/mol. The number of fused-ring (bicyclic) bond motifs is 4. The number of carbonyl (C=O) groups is 1. The van der Waals surface area contributed by atoms with Gasteiger partial charge in [-0.1, -0.05) is 19.1 Å². The van der Waals surface area contributed by atoms with Crippen molar-refractivity contribution >= 4 is 40.3 Å². The molecule has 1 aromatic heterocycles. The number of aryl methyl sites for hydroxylation is 2. The number of nitrogens with one attached hydrogen (secondary N) is 2. The summed E-state index contributed by atoms with van der Waals surface area (Å²) in [7, 11) is 0. The van der Waals surface area contributed by atoms with Crippen LogP contribution in [0.5, 0.6) is 0 Å². The number of pyridine rings is 1. The number of hydrogen-bond donors (Lipinski definition) is 2. The Balaban J connectivity index is 1.30. The lowest BCUT2D eigenvalue weighted by Crippen LogP contribution is -2.47. The fourth-order valence-electron chi connectivity index (χ4n) is 6.86. The quantitative estimate of drug-likeness (QED) is 0.389. The standard InChI is InChI=1S/C33H39N5O2S/c1-21-9-11-36(12-10-21)32(40)25-7-8-30(28(17-25)35-33(41)34-27-14-22(2)13-23(3)15-27)37-18-24-16-26(20-37)29-5-4-6-31(39)38(29)19-24/h4-8,13-15,17,21,24,26H,9-12,16,18-20H2,1-3H3,(H2,34,35,41)/t24-,26+/m1/s1. The maximum atomic E-state index is 13.5. The van der Waals surface area contributed by atoms with Crippen LogP contribution in [-0.2, 0) is 6.54 Å². The van der Waals surface area contributed by atoms with Gasteiger partial charge in [-0.05, 0) is 105 Å². The number of aromatic nitrogens is 1. The normalized spacial score (nSPS) is 20.4. The molecule has 8 heteroatoms. The van der Waals surface area contributed by atoms with E-state index in [1.807, 2.05) is 27.7 Å². The Morgan fingerprint density at radius 3 is 2.44 bits per heavy atom. The third-order valence-electron chi connectivity index (χ3n) is 8.86. The van der Waals surface area contributed by atoms with Crippen molar-refractivity contribution in [2.24, 2.45) is 11.8 Å². The summed E-state index contributed by atoms with van der Waals surface area (Å²) in [5.74, 6) is 1.39. The van der Waals surface area contributed by atoms with Crippen molar-refractivity contribution in [3.63, 3.8) is 0 Å². The van der Waals surface area contributed by atoms with Gasteiger partial charge in [0.2, 0.25) is 0 Å². The highest BCUT2D eigenvalue weighted by Gasteiger charge is 2.35. The summed E-state index contributed by atoms with van der Waals surface area (Å²) >= 11 is 5.79. The molecule has 2 bridgehead atoms. The lowest BCUT2D eigenvalue weighted by Gasteiger charge is -2.44. The van der Waals surface area contributed by atoms with Gasteiger partial charge in [0.1, 0.15) is 0 Å². The summed E-state index contributed by atoms with van der Waals surface area (Å²) in [6.45, 7) is 10.4. The smallest absolute Gasteiger partial charge is 0.253 e. The highest BCUT2D eigenvalue weighted by Crippen LogP contribution is 2.39. The molecule has 7 nitrogen and oxygen atoms in total. The Kier molecular flexibility index (Phi) is 7.60. The van der Waals surface area contributed by atoms with Crippen LogP contribution in [0.3, 0.4) is 0 Å². The van der Waals surface area contributed by atoms with Crippen molar-refractivity contribution in [3.05, 3.63) is 87.3 Å². The number of piperidine rings is 2. The van der Waals surface area contributed by atoms with Crippen molar-refractivity contribution in [3.8, 4) is 0 Å². The molecule has 0 aliphatic carbocycles. The molecule has 3 aliphatic heterocycles. The van der Waals surface area contributed by atoms with Crippen molar-refractivity contribution in [2.45, 2.75) is 52.5 Å². The SMILES string of the molecule is Cc1cc(C)cc(NC(=S)Nc2cc(C(=O)N3CCC(C)CC3)ccc2N2C[C@H]3C[C@@H](C2)c2cccc(=O)n2C3)c1. The zero-order valence-corrected chi connectivity index (χ0v) is 25.0. The Morgan fingerprint density at radius 2 is 1.68 bits per heavy atom. The van der Waals surface area contributed by atoms with Gasteiger partial charge in [-0.2, -0.15) is 0 Å². The molecule has 2 aromatic carbocycles. The van der Waals surface area contributed by atoms with E-state index in [9.17, 15) is 9.59 Å². The van der Waals surface area contributed by atoms with Crippen LogP contribution in [0.2, 0.25) is 0 Å². The maximum absolute atomic E-state index is 13.5. The highest BCUT2D eigenvalue weighted by atomic mass is 32.1. The van der Waals surface area contributed by atoms with Crippen molar-refractivity contribution in [1.82, 2.24) is 9.47 Å². The van der Waals surface area contributed by atoms with Gasteiger partial charge in [0.05, 0.1) is 11.4 Å². The van der Waals surface area contributed by atoms with Gasteiger partial charge < -0.3 is 25.0 Å². The monoisotopic (exact) mass is 569 g/mol. The molecule has 0 saturated carbocycles. The molecule has 41 heavy (non-hydrogen) atoms. The van der Waals surface area contributed by atoms with Gasteiger partial charge in [0, 0.05) is 61.7 Å². The van der Waals surface area contributed by atoms with E-state index >= 15 is 0 Å². The summed E-state index contributed by atoms with van der Waals surface area (Å²) in [6.07, 6.45) is 3.17. The minimum Gasteiger partial charge on any atom is -0.369 e. The average Bonchev–Trinajstić information content (AvgIpc) is 2.93. The van der Waals surface area contributed by atoms with Crippen LogP contribution in [0, 0.1) is 25.7 Å². The van der Waals surface area contributed by atoms with Crippen molar-refractivity contribution < 1.29 is 4.79 Å². The van der Waals surface area contributed by atoms with Crippen molar-refractivity contribution in [2.75, 3.05) is 41.7 Å². The molecule has 4 heterocycles. The minimum absolute atomic E-state index is 0.0727. The molecule has 0 unspecified atom stereocenters. The lowest BCUT2D eigenvalue weighted by atomic mass is 9.83. The molecule has 1 amide bonds. The van der Waals surface area contributed by atoms with E-state index in [1.54, 1.807) is 6.07 Å². The van der Waals surface area contributed by atoms with Gasteiger partial charge in [-0.15, -0.1) is 0 Å². The molecule has 214 valence electrons. The number of anilines is 3. The fourth-order valence-corrected chi connectivity index (χ4v) is 7.09. The van der Waals surface area contributed by atoms with Gasteiger partial charge in [-0.25, -0.2) is 0 Å². The minimum atomic E-state index is 0.0727.